The maximum absolute atomic E-state index is 14.2. The highest BCUT2D eigenvalue weighted by Gasteiger charge is 2.31. The Bertz CT molecular complexity index is 1520. The zero-order chi connectivity index (χ0) is 24.3. The number of aromatic nitrogens is 3. The number of ether oxygens (including phenoxy) is 2. The van der Waals surface area contributed by atoms with Crippen LogP contribution in [-0.2, 0) is 17.8 Å². The Morgan fingerprint density at radius 1 is 1.11 bits per heavy atom. The number of hydrogen-bond donors (Lipinski definition) is 1. The molecule has 0 saturated carbocycles. The van der Waals surface area contributed by atoms with Gasteiger partial charge >= 0.3 is 0 Å². The average Bonchev–Trinajstić information content (AvgIpc) is 3.53. The number of nitrogens with zero attached hydrogens (tertiary/aromatic N) is 3. The number of carbonyl (C=O) groups is 1. The van der Waals surface area contributed by atoms with Crippen LogP contribution in [0.3, 0.4) is 0 Å². The van der Waals surface area contributed by atoms with Crippen molar-refractivity contribution in [2.75, 3.05) is 20.3 Å². The van der Waals surface area contributed by atoms with Gasteiger partial charge in [0.2, 0.25) is 0 Å². The molecule has 4 aromatic rings. The quantitative estimate of drug-likeness (QED) is 0.483. The third-order valence-corrected chi connectivity index (χ3v) is 6.95. The molecule has 35 heavy (non-hydrogen) atoms. The van der Waals surface area contributed by atoms with Gasteiger partial charge in [-0.2, -0.15) is 5.10 Å². The van der Waals surface area contributed by atoms with Gasteiger partial charge in [0.05, 0.1) is 41.3 Å². The summed E-state index contributed by atoms with van der Waals surface area (Å²) in [5, 5.41) is 5.64. The standard InChI is InChI=1S/C25H22F2N4O4/c1-34-22-9-14-21(29-24(32)16-10-28-31(23(14)16)13-4-6-35-7-5-13)8-15(22)25(33)30-11-17-18(12-30)20(27)3-2-19(17)26/h2-3,8-10,13H,4-7,11-12H2,1H3,(H,29,32). The molecule has 1 amide bonds. The van der Waals surface area contributed by atoms with Gasteiger partial charge in [0, 0.05) is 42.8 Å². The van der Waals surface area contributed by atoms with Crippen molar-refractivity contribution in [2.45, 2.75) is 32.0 Å². The van der Waals surface area contributed by atoms with E-state index in [-0.39, 0.29) is 41.4 Å². The summed E-state index contributed by atoms with van der Waals surface area (Å²) in [5.41, 5.74) is 1.36. The highest BCUT2D eigenvalue weighted by Crippen LogP contribution is 2.35. The molecule has 2 aromatic heterocycles. The summed E-state index contributed by atoms with van der Waals surface area (Å²) < 4.78 is 41.4. The number of halogens is 2. The molecule has 0 aliphatic carbocycles. The molecule has 0 unspecified atom stereocenters. The molecule has 2 aliphatic heterocycles. The lowest BCUT2D eigenvalue weighted by Gasteiger charge is -2.23. The number of pyridine rings is 1. The van der Waals surface area contributed by atoms with Gasteiger partial charge in [0.25, 0.3) is 11.5 Å². The Morgan fingerprint density at radius 2 is 1.80 bits per heavy atom. The van der Waals surface area contributed by atoms with Crippen LogP contribution in [0.1, 0.15) is 40.4 Å². The van der Waals surface area contributed by atoms with E-state index in [0.717, 1.165) is 25.0 Å². The van der Waals surface area contributed by atoms with E-state index in [4.69, 9.17) is 9.47 Å². The second-order valence-electron chi connectivity index (χ2n) is 8.89. The van der Waals surface area contributed by atoms with Gasteiger partial charge in [0.15, 0.2) is 0 Å². The minimum atomic E-state index is -0.546. The summed E-state index contributed by atoms with van der Waals surface area (Å²) in [5.74, 6) is -1.24. The Morgan fingerprint density at radius 3 is 2.46 bits per heavy atom. The van der Waals surface area contributed by atoms with Crippen LogP contribution in [-0.4, -0.2) is 45.9 Å². The third-order valence-electron chi connectivity index (χ3n) is 6.95. The van der Waals surface area contributed by atoms with Crippen molar-refractivity contribution in [3.05, 3.63) is 69.1 Å². The Kier molecular flexibility index (Phi) is 5.06. The fourth-order valence-corrected chi connectivity index (χ4v) is 5.14. The maximum Gasteiger partial charge on any atom is 0.259 e. The molecule has 2 aromatic carbocycles. The summed E-state index contributed by atoms with van der Waals surface area (Å²) in [4.78, 5) is 30.5. The van der Waals surface area contributed by atoms with Crippen molar-refractivity contribution in [3.63, 3.8) is 0 Å². The zero-order valence-corrected chi connectivity index (χ0v) is 18.9. The van der Waals surface area contributed by atoms with Crippen LogP contribution in [0, 0.1) is 11.6 Å². The van der Waals surface area contributed by atoms with Crippen LogP contribution in [0.15, 0.2) is 35.3 Å². The molecule has 2 aliphatic rings. The van der Waals surface area contributed by atoms with Crippen LogP contribution < -0.4 is 10.3 Å². The molecule has 0 atom stereocenters. The van der Waals surface area contributed by atoms with Crippen LogP contribution >= 0.6 is 0 Å². The summed E-state index contributed by atoms with van der Waals surface area (Å²) in [7, 11) is 1.45. The number of fused-ring (bicyclic) bond motifs is 4. The predicted molar refractivity (Wildman–Crippen MR) is 123 cm³/mol. The molecule has 4 heterocycles. The largest absolute Gasteiger partial charge is 0.496 e. The van der Waals surface area contributed by atoms with Crippen LogP contribution in [0.5, 0.6) is 5.75 Å². The molecule has 1 N–H and O–H groups in total. The first-order chi connectivity index (χ1) is 17.0. The van der Waals surface area contributed by atoms with E-state index in [9.17, 15) is 18.4 Å². The number of amides is 1. The van der Waals surface area contributed by atoms with Crippen LogP contribution in [0.2, 0.25) is 0 Å². The van der Waals surface area contributed by atoms with Gasteiger partial charge < -0.3 is 19.4 Å². The van der Waals surface area contributed by atoms with Gasteiger partial charge in [-0.3, -0.25) is 14.3 Å². The van der Waals surface area contributed by atoms with Crippen molar-refractivity contribution >= 4 is 27.7 Å². The fourth-order valence-electron chi connectivity index (χ4n) is 5.14. The normalized spacial score (nSPS) is 16.3. The summed E-state index contributed by atoms with van der Waals surface area (Å²) in [6.07, 6.45) is 3.11. The lowest BCUT2D eigenvalue weighted by atomic mass is 10.1. The van der Waals surface area contributed by atoms with E-state index in [0.29, 0.717) is 40.8 Å². The Balaban J connectivity index is 1.46. The smallest absolute Gasteiger partial charge is 0.259 e. The zero-order valence-electron chi connectivity index (χ0n) is 18.9. The van der Waals surface area contributed by atoms with Gasteiger partial charge in [0.1, 0.15) is 17.4 Å². The maximum atomic E-state index is 14.2. The minimum Gasteiger partial charge on any atom is -0.496 e. The highest BCUT2D eigenvalue weighted by molar-refractivity contribution is 6.08. The number of hydrogen-bond acceptors (Lipinski definition) is 5. The number of H-pyrrole nitrogens is 1. The topological polar surface area (TPSA) is 89.5 Å². The molecular weight excluding hydrogens is 458 g/mol. The predicted octanol–water partition coefficient (Wildman–Crippen LogP) is 3.67. The van der Waals surface area contributed by atoms with Crippen molar-refractivity contribution in [1.82, 2.24) is 19.7 Å². The van der Waals surface area contributed by atoms with E-state index >= 15 is 0 Å². The van der Waals surface area contributed by atoms with Crippen LogP contribution in [0.25, 0.3) is 21.8 Å². The van der Waals surface area contributed by atoms with Gasteiger partial charge in [-0.25, -0.2) is 8.78 Å². The van der Waals surface area contributed by atoms with Crippen molar-refractivity contribution in [3.8, 4) is 5.75 Å². The lowest BCUT2D eigenvalue weighted by molar-refractivity contribution is 0.0675. The number of benzene rings is 2. The first kappa shape index (κ1) is 21.7. The molecule has 10 heteroatoms. The first-order valence-electron chi connectivity index (χ1n) is 11.4. The molecule has 8 nitrogen and oxygen atoms in total. The minimum absolute atomic E-state index is 0.0506. The third kappa shape index (κ3) is 3.39. The van der Waals surface area contributed by atoms with Crippen molar-refractivity contribution in [2.24, 2.45) is 0 Å². The van der Waals surface area contributed by atoms with E-state index in [1.54, 1.807) is 18.3 Å². The van der Waals surface area contributed by atoms with Gasteiger partial charge in [-0.1, -0.05) is 0 Å². The first-order valence-corrected chi connectivity index (χ1v) is 11.4. The fraction of sp³-hybridized carbons (Fsp3) is 0.320. The molecule has 0 radical (unpaired) electrons. The van der Waals surface area contributed by atoms with E-state index in [1.807, 2.05) is 4.68 Å². The van der Waals surface area contributed by atoms with E-state index < -0.39 is 17.5 Å². The monoisotopic (exact) mass is 480 g/mol. The number of carbonyl (C=O) groups excluding carboxylic acids is 1. The lowest BCUT2D eigenvalue weighted by Crippen LogP contribution is -2.26. The number of aromatic amines is 1. The number of methoxy groups -OCH3 is 1. The molecule has 6 rings (SSSR count). The van der Waals surface area contributed by atoms with E-state index in [2.05, 4.69) is 10.1 Å². The highest BCUT2D eigenvalue weighted by atomic mass is 19.1. The van der Waals surface area contributed by atoms with Gasteiger partial charge in [-0.05, 0) is 37.1 Å². The molecule has 180 valence electrons. The summed E-state index contributed by atoms with van der Waals surface area (Å²) in [6, 6.07) is 5.50. The van der Waals surface area contributed by atoms with Gasteiger partial charge in [-0.15, -0.1) is 0 Å². The van der Waals surface area contributed by atoms with Crippen molar-refractivity contribution in [1.29, 1.82) is 0 Å². The summed E-state index contributed by atoms with van der Waals surface area (Å²) in [6.45, 7) is 1.14. The molecular formula is C25H22F2N4O4. The summed E-state index contributed by atoms with van der Waals surface area (Å²) >= 11 is 0. The molecule has 0 bridgehead atoms. The van der Waals surface area contributed by atoms with Crippen molar-refractivity contribution < 1.29 is 23.0 Å². The Labute approximate surface area is 198 Å². The second kappa shape index (κ2) is 8.16. The molecule has 1 saturated heterocycles. The number of nitrogens with one attached hydrogen (secondary N) is 1. The number of rotatable bonds is 3. The second-order valence-corrected chi connectivity index (χ2v) is 8.89. The average molecular weight is 480 g/mol. The Hall–Kier alpha value is -3.79. The van der Waals surface area contributed by atoms with Crippen LogP contribution in [0.4, 0.5) is 8.78 Å². The molecule has 0 spiro atoms. The SMILES string of the molecule is COc1cc2c(cc1C(=O)N1Cc3c(F)ccc(F)c3C1)[nH]c(=O)c1cnn(C3CCOCC3)c12. The molecule has 1 fully saturated rings. The van der Waals surface area contributed by atoms with E-state index in [1.165, 1.54) is 12.0 Å².